The van der Waals surface area contributed by atoms with Crippen LogP contribution in [0.25, 0.3) is 0 Å². The van der Waals surface area contributed by atoms with Crippen molar-refractivity contribution in [3.63, 3.8) is 0 Å². The second kappa shape index (κ2) is 4.97. The minimum atomic E-state index is 0.127. The Morgan fingerprint density at radius 2 is 2.38 bits per heavy atom. The lowest BCUT2D eigenvalue weighted by Crippen LogP contribution is -2.25. The average molecular weight is 283 g/mol. The molecule has 1 heterocycles. The molecule has 1 aliphatic heterocycles. The fraction of sp³-hybridized carbons (Fsp3) is 0.417. The molecule has 2 rings (SSSR count). The van der Waals surface area contributed by atoms with Crippen LogP contribution in [0.15, 0.2) is 28.7 Å². The molecular formula is C12H15BrN2O. The van der Waals surface area contributed by atoms with Crippen molar-refractivity contribution >= 4 is 27.5 Å². The second-order valence-corrected chi connectivity index (χ2v) is 5.16. The van der Waals surface area contributed by atoms with Gasteiger partial charge < -0.3 is 10.2 Å². The Kier molecular flexibility index (Phi) is 3.61. The summed E-state index contributed by atoms with van der Waals surface area (Å²) in [6.07, 6.45) is 0.955. The molecule has 1 unspecified atom stereocenters. The summed E-state index contributed by atoms with van der Waals surface area (Å²) in [5, 5.41) is 2.95. The first-order valence-electron chi connectivity index (χ1n) is 5.40. The number of rotatable bonds is 2. The number of nitrogens with zero attached hydrogens (tertiary/aromatic N) is 1. The molecule has 1 aromatic carbocycles. The molecule has 3 nitrogen and oxygen atoms in total. The number of nitrogens with one attached hydrogen (secondary N) is 1. The topological polar surface area (TPSA) is 32.3 Å². The molecule has 0 radical (unpaired) electrons. The van der Waals surface area contributed by atoms with E-state index in [4.69, 9.17) is 0 Å². The van der Waals surface area contributed by atoms with E-state index in [1.165, 1.54) is 0 Å². The molecule has 1 aliphatic rings. The van der Waals surface area contributed by atoms with Crippen LogP contribution in [-0.4, -0.2) is 30.9 Å². The standard InChI is InChI=1S/C12H15BrN2O/c1-15-6-5-9(8-15)12(16)14-11-4-2-3-10(13)7-11/h2-4,7,9H,5-6,8H2,1H3,(H,14,16). The van der Waals surface area contributed by atoms with Gasteiger partial charge in [-0.1, -0.05) is 22.0 Å². The number of benzene rings is 1. The van der Waals surface area contributed by atoms with E-state index >= 15 is 0 Å². The van der Waals surface area contributed by atoms with E-state index in [0.29, 0.717) is 0 Å². The summed E-state index contributed by atoms with van der Waals surface area (Å²) in [4.78, 5) is 14.1. The third-order valence-corrected chi connectivity index (χ3v) is 3.35. The van der Waals surface area contributed by atoms with Crippen molar-refractivity contribution in [3.8, 4) is 0 Å². The zero-order valence-corrected chi connectivity index (χ0v) is 10.8. The van der Waals surface area contributed by atoms with E-state index in [0.717, 1.165) is 29.7 Å². The Labute approximate surface area is 104 Å². The highest BCUT2D eigenvalue weighted by molar-refractivity contribution is 9.10. The summed E-state index contributed by atoms with van der Waals surface area (Å²) < 4.78 is 0.980. The van der Waals surface area contributed by atoms with E-state index in [2.05, 4.69) is 26.1 Å². The summed E-state index contributed by atoms with van der Waals surface area (Å²) in [6, 6.07) is 7.68. The molecule has 1 saturated heterocycles. The molecule has 0 aliphatic carbocycles. The van der Waals surface area contributed by atoms with Crippen molar-refractivity contribution in [1.29, 1.82) is 0 Å². The predicted octanol–water partition coefficient (Wildman–Crippen LogP) is 2.34. The Bertz CT molecular complexity index is 394. The molecule has 1 amide bonds. The molecular weight excluding hydrogens is 268 g/mol. The van der Waals surface area contributed by atoms with Crippen molar-refractivity contribution in [1.82, 2.24) is 4.90 Å². The lowest BCUT2D eigenvalue weighted by Gasteiger charge is -2.11. The quantitative estimate of drug-likeness (QED) is 0.903. The molecule has 0 saturated carbocycles. The fourth-order valence-corrected chi connectivity index (χ4v) is 2.36. The van der Waals surface area contributed by atoms with Crippen LogP contribution >= 0.6 is 15.9 Å². The first kappa shape index (κ1) is 11.6. The predicted molar refractivity (Wildman–Crippen MR) is 68.4 cm³/mol. The van der Waals surface area contributed by atoms with Gasteiger partial charge in [0.25, 0.3) is 0 Å². The van der Waals surface area contributed by atoms with Crippen molar-refractivity contribution in [2.24, 2.45) is 5.92 Å². The SMILES string of the molecule is CN1CCC(C(=O)Nc2cccc(Br)c2)C1. The van der Waals surface area contributed by atoms with E-state index in [9.17, 15) is 4.79 Å². The van der Waals surface area contributed by atoms with Crippen molar-refractivity contribution in [2.75, 3.05) is 25.5 Å². The molecule has 0 spiro atoms. The maximum atomic E-state index is 11.9. The number of carbonyl (C=O) groups excluding carboxylic acids is 1. The third kappa shape index (κ3) is 2.83. The number of hydrogen-bond donors (Lipinski definition) is 1. The average Bonchev–Trinajstić information content (AvgIpc) is 2.65. The van der Waals surface area contributed by atoms with Gasteiger partial charge in [0.15, 0.2) is 0 Å². The molecule has 1 atom stereocenters. The highest BCUT2D eigenvalue weighted by Gasteiger charge is 2.25. The van der Waals surface area contributed by atoms with Gasteiger partial charge in [0.1, 0.15) is 0 Å². The Balaban J connectivity index is 1.97. The molecule has 0 aromatic heterocycles. The van der Waals surface area contributed by atoms with Gasteiger partial charge in [-0.15, -0.1) is 0 Å². The zero-order chi connectivity index (χ0) is 11.5. The van der Waals surface area contributed by atoms with Gasteiger partial charge in [-0.05, 0) is 38.2 Å². The molecule has 86 valence electrons. The minimum absolute atomic E-state index is 0.127. The van der Waals surface area contributed by atoms with E-state index in [1.54, 1.807) is 0 Å². The van der Waals surface area contributed by atoms with E-state index < -0.39 is 0 Å². The first-order chi connectivity index (χ1) is 7.65. The number of anilines is 1. The minimum Gasteiger partial charge on any atom is -0.326 e. The highest BCUT2D eigenvalue weighted by atomic mass is 79.9. The van der Waals surface area contributed by atoms with E-state index in [-0.39, 0.29) is 11.8 Å². The first-order valence-corrected chi connectivity index (χ1v) is 6.19. The van der Waals surface area contributed by atoms with Crippen LogP contribution in [0.1, 0.15) is 6.42 Å². The maximum Gasteiger partial charge on any atom is 0.228 e. The lowest BCUT2D eigenvalue weighted by molar-refractivity contribution is -0.119. The Morgan fingerprint density at radius 3 is 3.00 bits per heavy atom. The third-order valence-electron chi connectivity index (χ3n) is 2.85. The van der Waals surface area contributed by atoms with Crippen LogP contribution < -0.4 is 5.32 Å². The normalized spacial score (nSPS) is 21.0. The molecule has 1 fully saturated rings. The van der Waals surface area contributed by atoms with Crippen LogP contribution in [0.5, 0.6) is 0 Å². The molecule has 0 bridgehead atoms. The largest absolute Gasteiger partial charge is 0.326 e. The summed E-state index contributed by atoms with van der Waals surface area (Å²) >= 11 is 3.39. The van der Waals surface area contributed by atoms with E-state index in [1.807, 2.05) is 31.3 Å². The van der Waals surface area contributed by atoms with Crippen molar-refractivity contribution in [3.05, 3.63) is 28.7 Å². The second-order valence-electron chi connectivity index (χ2n) is 4.25. The lowest BCUT2D eigenvalue weighted by atomic mass is 10.1. The van der Waals surface area contributed by atoms with Gasteiger partial charge in [-0.25, -0.2) is 0 Å². The smallest absolute Gasteiger partial charge is 0.228 e. The number of hydrogen-bond acceptors (Lipinski definition) is 2. The van der Waals surface area contributed by atoms with Gasteiger partial charge in [0, 0.05) is 16.7 Å². The summed E-state index contributed by atoms with van der Waals surface area (Å²) in [6.45, 7) is 1.87. The molecule has 4 heteroatoms. The summed E-state index contributed by atoms with van der Waals surface area (Å²) in [5.74, 6) is 0.256. The van der Waals surface area contributed by atoms with Gasteiger partial charge >= 0.3 is 0 Å². The van der Waals surface area contributed by atoms with Gasteiger partial charge in [0.2, 0.25) is 5.91 Å². The van der Waals surface area contributed by atoms with Gasteiger partial charge in [-0.3, -0.25) is 4.79 Å². The Morgan fingerprint density at radius 1 is 1.56 bits per heavy atom. The van der Waals surface area contributed by atoms with Crippen molar-refractivity contribution < 1.29 is 4.79 Å². The zero-order valence-electron chi connectivity index (χ0n) is 9.24. The number of carbonyl (C=O) groups is 1. The summed E-state index contributed by atoms with van der Waals surface area (Å²) in [5.41, 5.74) is 0.855. The van der Waals surface area contributed by atoms with Crippen LogP contribution in [0.3, 0.4) is 0 Å². The van der Waals surface area contributed by atoms with Crippen LogP contribution in [0.4, 0.5) is 5.69 Å². The Hall–Kier alpha value is -0.870. The number of amides is 1. The van der Waals surface area contributed by atoms with Gasteiger partial charge in [0.05, 0.1) is 5.92 Å². The fourth-order valence-electron chi connectivity index (χ4n) is 1.96. The maximum absolute atomic E-state index is 11.9. The van der Waals surface area contributed by atoms with Crippen molar-refractivity contribution in [2.45, 2.75) is 6.42 Å². The molecule has 1 aromatic rings. The summed E-state index contributed by atoms with van der Waals surface area (Å²) in [7, 11) is 2.05. The monoisotopic (exact) mass is 282 g/mol. The van der Waals surface area contributed by atoms with Gasteiger partial charge in [-0.2, -0.15) is 0 Å². The molecule has 16 heavy (non-hydrogen) atoms. The van der Waals surface area contributed by atoms with Crippen LogP contribution in [-0.2, 0) is 4.79 Å². The molecule has 1 N–H and O–H groups in total. The number of likely N-dealkylation sites (tertiary alicyclic amines) is 1. The van der Waals surface area contributed by atoms with Crippen LogP contribution in [0.2, 0.25) is 0 Å². The van der Waals surface area contributed by atoms with Crippen LogP contribution in [0, 0.1) is 5.92 Å². The highest BCUT2D eigenvalue weighted by Crippen LogP contribution is 2.19. The number of halogens is 1.